The molecule has 0 radical (unpaired) electrons. The van der Waals surface area contributed by atoms with Crippen molar-refractivity contribution >= 4 is 12.4 Å². The highest BCUT2D eigenvalue weighted by molar-refractivity contribution is 5.85. The van der Waals surface area contributed by atoms with Gasteiger partial charge in [-0.3, -0.25) is 0 Å². The topological polar surface area (TPSA) is 53.0 Å². The van der Waals surface area contributed by atoms with Gasteiger partial charge in [0.15, 0.2) is 0 Å². The Hall–Kier alpha value is -1.15. The maximum Gasteiger partial charge on any atom is 0.123 e. The van der Waals surface area contributed by atoms with Gasteiger partial charge in [0.25, 0.3) is 0 Å². The van der Waals surface area contributed by atoms with Crippen LogP contribution in [0.3, 0.4) is 0 Å². The van der Waals surface area contributed by atoms with Crippen molar-refractivity contribution in [1.82, 2.24) is 4.90 Å². The Kier molecular flexibility index (Phi) is 6.41. The fourth-order valence-electron chi connectivity index (χ4n) is 2.71. The fraction of sp³-hybridized carbons (Fsp3) is 0.533. The summed E-state index contributed by atoms with van der Waals surface area (Å²) in [5.41, 5.74) is 6.00. The summed E-state index contributed by atoms with van der Waals surface area (Å²) in [6.07, 6.45) is 2.61. The zero-order valence-electron chi connectivity index (χ0n) is 11.5. The van der Waals surface area contributed by atoms with Crippen LogP contribution in [-0.2, 0) is 5.41 Å². The number of halogens is 2. The van der Waals surface area contributed by atoms with E-state index >= 15 is 0 Å². The van der Waals surface area contributed by atoms with Crippen LogP contribution in [0.4, 0.5) is 4.39 Å². The zero-order valence-corrected chi connectivity index (χ0v) is 12.3. The summed E-state index contributed by atoms with van der Waals surface area (Å²) >= 11 is 0. The molecule has 2 rings (SSSR count). The van der Waals surface area contributed by atoms with Gasteiger partial charge in [-0.1, -0.05) is 12.1 Å². The van der Waals surface area contributed by atoms with Crippen LogP contribution in [0.15, 0.2) is 24.3 Å². The Morgan fingerprint density at radius 3 is 2.35 bits per heavy atom. The van der Waals surface area contributed by atoms with Crippen molar-refractivity contribution in [2.45, 2.75) is 24.7 Å². The van der Waals surface area contributed by atoms with Crippen LogP contribution in [0.2, 0.25) is 0 Å². The Bertz CT molecular complexity index is 447. The van der Waals surface area contributed by atoms with E-state index in [1.165, 1.54) is 12.1 Å². The Labute approximate surface area is 126 Å². The summed E-state index contributed by atoms with van der Waals surface area (Å²) in [5, 5.41) is 9.54. The molecule has 0 aliphatic carbocycles. The lowest BCUT2D eigenvalue weighted by molar-refractivity contribution is 0.185. The van der Waals surface area contributed by atoms with Crippen molar-refractivity contribution in [1.29, 1.82) is 5.26 Å². The molecule has 0 aromatic heterocycles. The predicted molar refractivity (Wildman–Crippen MR) is 80.3 cm³/mol. The molecular formula is C15H21ClFN3. The number of piperidine rings is 1. The lowest BCUT2D eigenvalue weighted by Gasteiger charge is -2.37. The average Bonchev–Trinajstić information content (AvgIpc) is 2.46. The maximum atomic E-state index is 13.0. The average molecular weight is 298 g/mol. The van der Waals surface area contributed by atoms with Gasteiger partial charge in [-0.05, 0) is 63.1 Å². The van der Waals surface area contributed by atoms with E-state index in [1.807, 2.05) is 0 Å². The smallest absolute Gasteiger partial charge is 0.123 e. The van der Waals surface area contributed by atoms with Gasteiger partial charge in [0.2, 0.25) is 0 Å². The zero-order chi connectivity index (χ0) is 13.7. The molecule has 1 heterocycles. The van der Waals surface area contributed by atoms with E-state index in [2.05, 4.69) is 11.0 Å². The molecule has 0 unspecified atom stereocenters. The molecule has 2 N–H and O–H groups in total. The van der Waals surface area contributed by atoms with Gasteiger partial charge in [0.05, 0.1) is 11.5 Å². The fourth-order valence-corrected chi connectivity index (χ4v) is 2.71. The van der Waals surface area contributed by atoms with Crippen molar-refractivity contribution < 1.29 is 4.39 Å². The predicted octanol–water partition coefficient (Wildman–Crippen LogP) is 2.45. The maximum absolute atomic E-state index is 13.0. The molecular weight excluding hydrogens is 277 g/mol. The normalized spacial score (nSPS) is 18.1. The van der Waals surface area contributed by atoms with Crippen LogP contribution in [0.5, 0.6) is 0 Å². The minimum Gasteiger partial charge on any atom is -0.330 e. The minimum atomic E-state index is -0.451. The summed E-state index contributed by atoms with van der Waals surface area (Å²) in [7, 11) is 0. The molecule has 1 aromatic rings. The number of nitrogens with zero attached hydrogens (tertiary/aromatic N) is 2. The van der Waals surface area contributed by atoms with Crippen molar-refractivity contribution in [2.75, 3.05) is 26.2 Å². The quantitative estimate of drug-likeness (QED) is 0.929. The second-order valence-electron chi connectivity index (χ2n) is 5.18. The summed E-state index contributed by atoms with van der Waals surface area (Å²) in [5.74, 6) is -0.253. The van der Waals surface area contributed by atoms with Crippen molar-refractivity contribution in [3.8, 4) is 6.07 Å². The van der Waals surface area contributed by atoms with E-state index in [9.17, 15) is 9.65 Å². The molecule has 0 amide bonds. The molecule has 5 heteroatoms. The Balaban J connectivity index is 0.00000200. The number of hydrogen-bond acceptors (Lipinski definition) is 3. The first kappa shape index (κ1) is 16.9. The van der Waals surface area contributed by atoms with Gasteiger partial charge in [-0.2, -0.15) is 5.26 Å². The van der Waals surface area contributed by atoms with Crippen LogP contribution in [-0.4, -0.2) is 31.1 Å². The van der Waals surface area contributed by atoms with Crippen LogP contribution in [0, 0.1) is 17.1 Å². The van der Waals surface area contributed by atoms with Gasteiger partial charge >= 0.3 is 0 Å². The summed E-state index contributed by atoms with van der Waals surface area (Å²) < 4.78 is 13.0. The Morgan fingerprint density at radius 2 is 1.85 bits per heavy atom. The molecule has 1 fully saturated rings. The third kappa shape index (κ3) is 3.69. The molecule has 0 saturated carbocycles. The van der Waals surface area contributed by atoms with E-state index in [-0.39, 0.29) is 18.2 Å². The molecule has 0 atom stereocenters. The molecule has 0 spiro atoms. The minimum absolute atomic E-state index is 0. The highest BCUT2D eigenvalue weighted by Gasteiger charge is 2.36. The van der Waals surface area contributed by atoms with Crippen LogP contribution < -0.4 is 5.73 Å². The molecule has 1 aromatic carbocycles. The molecule has 20 heavy (non-hydrogen) atoms. The van der Waals surface area contributed by atoms with Gasteiger partial charge in [-0.25, -0.2) is 4.39 Å². The number of nitrogens with two attached hydrogens (primary N) is 1. The SMILES string of the molecule is Cl.N#CC1(c2ccc(F)cc2)CCN(CCCN)CC1. The van der Waals surface area contributed by atoms with Crippen molar-refractivity contribution in [3.63, 3.8) is 0 Å². The summed E-state index contributed by atoms with van der Waals surface area (Å²) in [4.78, 5) is 2.35. The lowest BCUT2D eigenvalue weighted by atomic mass is 9.74. The number of benzene rings is 1. The standard InChI is InChI=1S/C15H20FN3.ClH/c16-14-4-2-13(3-5-14)15(12-18)6-10-19(11-7-15)9-1-8-17;/h2-5H,1,6-11,17H2;1H. The molecule has 1 aliphatic rings. The van der Waals surface area contributed by atoms with Gasteiger partial charge in [0.1, 0.15) is 5.82 Å². The van der Waals surface area contributed by atoms with Crippen LogP contribution >= 0.6 is 12.4 Å². The van der Waals surface area contributed by atoms with Crippen LogP contribution in [0.1, 0.15) is 24.8 Å². The molecule has 1 saturated heterocycles. The second kappa shape index (κ2) is 7.58. The first-order chi connectivity index (χ1) is 9.20. The third-order valence-corrected chi connectivity index (χ3v) is 4.00. The molecule has 1 aliphatic heterocycles. The number of hydrogen-bond donors (Lipinski definition) is 1. The Morgan fingerprint density at radius 1 is 1.25 bits per heavy atom. The van der Waals surface area contributed by atoms with E-state index < -0.39 is 5.41 Å². The second-order valence-corrected chi connectivity index (χ2v) is 5.18. The van der Waals surface area contributed by atoms with Crippen molar-refractivity contribution in [3.05, 3.63) is 35.6 Å². The lowest BCUT2D eigenvalue weighted by Crippen LogP contribution is -2.42. The van der Waals surface area contributed by atoms with Crippen LogP contribution in [0.25, 0.3) is 0 Å². The van der Waals surface area contributed by atoms with Gasteiger partial charge < -0.3 is 10.6 Å². The number of likely N-dealkylation sites (tertiary alicyclic amines) is 1. The molecule has 3 nitrogen and oxygen atoms in total. The third-order valence-electron chi connectivity index (χ3n) is 4.00. The molecule has 0 bridgehead atoms. The largest absolute Gasteiger partial charge is 0.330 e. The van der Waals surface area contributed by atoms with Crippen molar-refractivity contribution in [2.24, 2.45) is 5.73 Å². The van der Waals surface area contributed by atoms with Gasteiger partial charge in [0, 0.05) is 0 Å². The first-order valence-corrected chi connectivity index (χ1v) is 6.80. The van der Waals surface area contributed by atoms with E-state index in [0.717, 1.165) is 44.5 Å². The van der Waals surface area contributed by atoms with E-state index in [4.69, 9.17) is 5.73 Å². The van der Waals surface area contributed by atoms with E-state index in [1.54, 1.807) is 12.1 Å². The number of nitriles is 1. The first-order valence-electron chi connectivity index (χ1n) is 6.80. The van der Waals surface area contributed by atoms with E-state index in [0.29, 0.717) is 6.54 Å². The number of rotatable bonds is 4. The summed E-state index contributed by atoms with van der Waals surface area (Å²) in [6.45, 7) is 3.52. The highest BCUT2D eigenvalue weighted by atomic mass is 35.5. The highest BCUT2D eigenvalue weighted by Crippen LogP contribution is 2.34. The van der Waals surface area contributed by atoms with Gasteiger partial charge in [-0.15, -0.1) is 12.4 Å². The summed E-state index contributed by atoms with van der Waals surface area (Å²) in [6, 6.07) is 8.82. The monoisotopic (exact) mass is 297 g/mol. The molecule has 110 valence electrons.